The van der Waals surface area contributed by atoms with Crippen LogP contribution in [0.1, 0.15) is 89.9 Å². The maximum atomic E-state index is 13.2. The number of aryl methyl sites for hydroxylation is 2. The Morgan fingerprint density at radius 2 is 1.68 bits per heavy atom. The summed E-state index contributed by atoms with van der Waals surface area (Å²) >= 11 is 0. The zero-order chi connectivity index (χ0) is 19.5. The highest BCUT2D eigenvalue weighted by Crippen LogP contribution is 2.40. The van der Waals surface area contributed by atoms with Crippen LogP contribution in [-0.4, -0.2) is 5.78 Å². The third-order valence-corrected chi connectivity index (χ3v) is 7.23. The molecule has 0 amide bonds. The van der Waals surface area contributed by atoms with Crippen molar-refractivity contribution in [3.63, 3.8) is 0 Å². The lowest BCUT2D eigenvalue weighted by Crippen LogP contribution is -2.16. The van der Waals surface area contributed by atoms with Crippen molar-refractivity contribution in [1.82, 2.24) is 0 Å². The minimum Gasteiger partial charge on any atom is -0.294 e. The number of carbonyl (C=O) groups is 1. The summed E-state index contributed by atoms with van der Waals surface area (Å²) in [7, 11) is 0. The van der Waals surface area contributed by atoms with Crippen LogP contribution >= 0.6 is 0 Å². The van der Waals surface area contributed by atoms with Crippen molar-refractivity contribution in [1.29, 1.82) is 0 Å². The van der Waals surface area contributed by atoms with Gasteiger partial charge < -0.3 is 0 Å². The molecule has 4 rings (SSSR count). The number of hydrogen-bond acceptors (Lipinski definition) is 1. The summed E-state index contributed by atoms with van der Waals surface area (Å²) in [4.78, 5) is 13.2. The molecule has 0 heterocycles. The van der Waals surface area contributed by atoms with Gasteiger partial charge in [0.25, 0.3) is 0 Å². The van der Waals surface area contributed by atoms with E-state index >= 15 is 0 Å². The topological polar surface area (TPSA) is 17.1 Å². The van der Waals surface area contributed by atoms with Gasteiger partial charge in [-0.2, -0.15) is 0 Å². The average molecular weight is 375 g/mol. The second-order valence-corrected chi connectivity index (χ2v) is 9.25. The molecule has 0 spiro atoms. The summed E-state index contributed by atoms with van der Waals surface area (Å²) in [6.07, 6.45) is 11.2. The van der Waals surface area contributed by atoms with E-state index in [1.807, 2.05) is 12.1 Å². The lowest BCUT2D eigenvalue weighted by atomic mass is 9.79. The minimum absolute atomic E-state index is 0.316. The fourth-order valence-corrected chi connectivity index (χ4v) is 4.99. The van der Waals surface area contributed by atoms with Gasteiger partial charge in [0.05, 0.1) is 0 Å². The maximum Gasteiger partial charge on any atom is 0.163 e. The van der Waals surface area contributed by atoms with Gasteiger partial charge in [-0.3, -0.25) is 4.79 Å². The van der Waals surface area contributed by atoms with Crippen molar-refractivity contribution in [2.75, 3.05) is 0 Å². The number of rotatable bonds is 8. The highest BCUT2D eigenvalue weighted by Gasteiger charge is 2.29. The van der Waals surface area contributed by atoms with Crippen LogP contribution in [0.2, 0.25) is 0 Å². The van der Waals surface area contributed by atoms with Crippen LogP contribution < -0.4 is 0 Å². The molecule has 0 N–H and O–H groups in total. The second-order valence-electron chi connectivity index (χ2n) is 9.25. The molecule has 0 bridgehead atoms. The third kappa shape index (κ3) is 4.57. The first-order valence-corrected chi connectivity index (χ1v) is 11.3. The van der Waals surface area contributed by atoms with E-state index in [0.29, 0.717) is 24.0 Å². The van der Waals surface area contributed by atoms with Crippen molar-refractivity contribution in [3.8, 4) is 0 Å². The number of carbonyl (C=O) groups excluding carboxylic acids is 1. The van der Waals surface area contributed by atoms with Crippen LogP contribution in [0.5, 0.6) is 0 Å². The zero-order valence-electron chi connectivity index (χ0n) is 17.5. The molecule has 1 atom stereocenters. The van der Waals surface area contributed by atoms with Crippen molar-refractivity contribution >= 4 is 5.78 Å². The first kappa shape index (κ1) is 19.4. The van der Waals surface area contributed by atoms with Gasteiger partial charge >= 0.3 is 0 Å². The summed E-state index contributed by atoms with van der Waals surface area (Å²) in [5.41, 5.74) is 6.11. The van der Waals surface area contributed by atoms with E-state index in [2.05, 4.69) is 44.2 Å². The Hall–Kier alpha value is -1.89. The molecule has 148 valence electrons. The first-order chi connectivity index (χ1) is 13.6. The van der Waals surface area contributed by atoms with E-state index < -0.39 is 0 Å². The summed E-state index contributed by atoms with van der Waals surface area (Å²) in [5.74, 6) is 2.33. The zero-order valence-corrected chi connectivity index (χ0v) is 17.5. The van der Waals surface area contributed by atoms with E-state index in [1.165, 1.54) is 68.1 Å². The second kappa shape index (κ2) is 8.64. The van der Waals surface area contributed by atoms with Gasteiger partial charge in [0.2, 0.25) is 0 Å². The van der Waals surface area contributed by atoms with Crippen molar-refractivity contribution in [2.45, 2.75) is 77.6 Å². The number of benzene rings is 2. The molecule has 2 aromatic rings. The molecule has 0 aromatic heterocycles. The molecule has 0 aliphatic heterocycles. The lowest BCUT2D eigenvalue weighted by molar-refractivity contribution is 0.0963. The fourth-order valence-electron chi connectivity index (χ4n) is 4.99. The first-order valence-electron chi connectivity index (χ1n) is 11.3. The number of ketones is 1. The van der Waals surface area contributed by atoms with Crippen LogP contribution in [-0.2, 0) is 6.42 Å². The van der Waals surface area contributed by atoms with Gasteiger partial charge in [0, 0.05) is 12.0 Å². The van der Waals surface area contributed by atoms with E-state index in [9.17, 15) is 4.79 Å². The van der Waals surface area contributed by atoms with Gasteiger partial charge in [-0.15, -0.1) is 0 Å². The van der Waals surface area contributed by atoms with Crippen LogP contribution in [0.15, 0.2) is 42.5 Å². The summed E-state index contributed by atoms with van der Waals surface area (Å²) in [6.45, 7) is 4.18. The Kier molecular flexibility index (Phi) is 5.99. The normalized spacial score (nSPS) is 18.4. The Morgan fingerprint density at radius 3 is 2.36 bits per heavy atom. The molecule has 1 heteroatoms. The monoisotopic (exact) mass is 374 g/mol. The van der Waals surface area contributed by atoms with E-state index in [1.54, 1.807) is 0 Å². The smallest absolute Gasteiger partial charge is 0.163 e. The van der Waals surface area contributed by atoms with Gasteiger partial charge in [-0.25, -0.2) is 0 Å². The molecule has 0 saturated heterocycles. The lowest BCUT2D eigenvalue weighted by Gasteiger charge is -2.24. The quantitative estimate of drug-likeness (QED) is 0.447. The van der Waals surface area contributed by atoms with E-state index in [4.69, 9.17) is 0 Å². The summed E-state index contributed by atoms with van der Waals surface area (Å²) in [5, 5.41) is 0. The Labute approximate surface area is 170 Å². The van der Waals surface area contributed by atoms with Crippen LogP contribution in [0, 0.1) is 25.7 Å². The van der Waals surface area contributed by atoms with Crippen LogP contribution in [0.3, 0.4) is 0 Å². The average Bonchev–Trinajstić information content (AvgIpc) is 3.38. The highest BCUT2D eigenvalue weighted by molar-refractivity contribution is 5.98. The molecule has 2 aliphatic carbocycles. The third-order valence-electron chi connectivity index (χ3n) is 7.23. The summed E-state index contributed by atoms with van der Waals surface area (Å²) < 4.78 is 0. The number of Topliss-reactive ketones (excluding diaryl/α,β-unsaturated/α-hetero) is 1. The van der Waals surface area contributed by atoms with Crippen LogP contribution in [0.4, 0.5) is 0 Å². The summed E-state index contributed by atoms with van der Waals surface area (Å²) in [6, 6.07) is 15.4. The van der Waals surface area contributed by atoms with E-state index in [-0.39, 0.29) is 0 Å². The molecule has 1 nitrogen and oxygen atoms in total. The largest absolute Gasteiger partial charge is 0.294 e. The standard InChI is InChI=1S/C27H34O/c1-19-6-5-9-25(20(19)2)27(28)18-26(23-7-3-4-8-23)24-16-14-22(15-17-24)13-12-21-10-11-21/h5-6,9,14-17,21,23,26H,3-4,7-8,10-13,18H2,1-2H3/t26-/m1/s1. The Bertz CT molecular complexity index is 807. The Balaban J connectivity index is 1.51. The molecule has 2 aliphatic rings. The maximum absolute atomic E-state index is 13.2. The molecular formula is C27H34O. The fraction of sp³-hybridized carbons (Fsp3) is 0.519. The highest BCUT2D eigenvalue weighted by atomic mass is 16.1. The molecule has 28 heavy (non-hydrogen) atoms. The number of hydrogen-bond donors (Lipinski definition) is 0. The predicted molar refractivity (Wildman–Crippen MR) is 117 cm³/mol. The molecule has 0 radical (unpaired) electrons. The van der Waals surface area contributed by atoms with Gasteiger partial charge in [0.15, 0.2) is 5.78 Å². The van der Waals surface area contributed by atoms with Crippen molar-refractivity contribution < 1.29 is 4.79 Å². The van der Waals surface area contributed by atoms with Crippen molar-refractivity contribution in [3.05, 3.63) is 70.3 Å². The Morgan fingerprint density at radius 1 is 0.964 bits per heavy atom. The van der Waals surface area contributed by atoms with Crippen molar-refractivity contribution in [2.24, 2.45) is 11.8 Å². The van der Waals surface area contributed by atoms with Gasteiger partial charge in [-0.1, -0.05) is 68.1 Å². The van der Waals surface area contributed by atoms with Crippen LogP contribution in [0.25, 0.3) is 0 Å². The molecule has 2 saturated carbocycles. The molecule has 0 unspecified atom stereocenters. The molecular weight excluding hydrogens is 340 g/mol. The van der Waals surface area contributed by atoms with Gasteiger partial charge in [-0.05, 0) is 79.5 Å². The van der Waals surface area contributed by atoms with E-state index in [0.717, 1.165) is 17.0 Å². The molecule has 2 fully saturated rings. The molecule has 2 aromatic carbocycles. The SMILES string of the molecule is Cc1cccc(C(=O)C[C@@H](c2ccc(CCC3CC3)cc2)C2CCCC2)c1C. The van der Waals surface area contributed by atoms with Gasteiger partial charge in [0.1, 0.15) is 0 Å². The predicted octanol–water partition coefficient (Wildman–Crippen LogP) is 7.19. The minimum atomic E-state index is 0.316.